The molecule has 114 valence electrons. The van der Waals surface area contributed by atoms with Crippen LogP contribution in [0.1, 0.15) is 18.9 Å². The number of hydrogen-bond acceptors (Lipinski definition) is 4. The van der Waals surface area contributed by atoms with Gasteiger partial charge in [-0.15, -0.1) is 0 Å². The molecule has 0 heterocycles. The molecule has 0 aliphatic heterocycles. The van der Waals surface area contributed by atoms with Gasteiger partial charge in [0.05, 0.1) is 6.61 Å². The first-order valence-corrected chi connectivity index (χ1v) is 6.66. The molecule has 0 unspecified atom stereocenters. The first-order chi connectivity index (χ1) is 9.56. The summed E-state index contributed by atoms with van der Waals surface area (Å²) in [4.78, 5) is 2.12. The minimum Gasteiger partial charge on any atom is -0.490 e. The van der Waals surface area contributed by atoms with Crippen molar-refractivity contribution in [2.75, 3.05) is 26.7 Å². The first kappa shape index (κ1) is 16.7. The zero-order valence-corrected chi connectivity index (χ0v) is 11.9. The van der Waals surface area contributed by atoms with E-state index in [-0.39, 0.29) is 5.75 Å². The largest absolute Gasteiger partial charge is 0.490 e. The minimum atomic E-state index is -2.85. The average molecular weight is 288 g/mol. The lowest BCUT2D eigenvalue weighted by molar-refractivity contribution is -0.0514. The van der Waals surface area contributed by atoms with Crippen LogP contribution in [0.5, 0.6) is 11.5 Å². The number of ether oxygens (including phenoxy) is 2. The van der Waals surface area contributed by atoms with Gasteiger partial charge < -0.3 is 20.1 Å². The van der Waals surface area contributed by atoms with Gasteiger partial charge in [0.1, 0.15) is 0 Å². The Morgan fingerprint density at radius 3 is 2.65 bits per heavy atom. The van der Waals surface area contributed by atoms with Crippen molar-refractivity contribution < 1.29 is 18.3 Å². The maximum absolute atomic E-state index is 12.3. The van der Waals surface area contributed by atoms with Crippen LogP contribution in [0.4, 0.5) is 8.78 Å². The van der Waals surface area contributed by atoms with E-state index in [0.717, 1.165) is 18.5 Å². The van der Waals surface area contributed by atoms with Crippen LogP contribution in [0, 0.1) is 0 Å². The standard InChI is InChI=1S/C14H22F2N2O2/c1-3-19-13-9-11(10-18(2)8-4-7-17)5-6-12(13)20-14(15)16/h5-6,9,14H,3-4,7-8,10,17H2,1-2H3. The number of nitrogens with two attached hydrogens (primary N) is 1. The average Bonchev–Trinajstić information content (AvgIpc) is 2.39. The molecule has 0 aliphatic rings. The molecule has 0 radical (unpaired) electrons. The SMILES string of the molecule is CCOc1cc(CN(C)CCCN)ccc1OC(F)F. The van der Waals surface area contributed by atoms with E-state index < -0.39 is 6.61 Å². The van der Waals surface area contributed by atoms with Gasteiger partial charge in [-0.1, -0.05) is 6.07 Å². The van der Waals surface area contributed by atoms with Crippen LogP contribution in [0.2, 0.25) is 0 Å². The molecule has 0 bridgehead atoms. The van der Waals surface area contributed by atoms with E-state index in [2.05, 4.69) is 9.64 Å². The third-order valence-electron chi connectivity index (χ3n) is 2.72. The smallest absolute Gasteiger partial charge is 0.387 e. The molecular formula is C14H22F2N2O2. The van der Waals surface area contributed by atoms with Crippen molar-refractivity contribution in [3.05, 3.63) is 23.8 Å². The van der Waals surface area contributed by atoms with E-state index in [4.69, 9.17) is 10.5 Å². The molecule has 1 rings (SSSR count). The van der Waals surface area contributed by atoms with E-state index in [1.165, 1.54) is 6.07 Å². The lowest BCUT2D eigenvalue weighted by Gasteiger charge is -2.18. The minimum absolute atomic E-state index is 0.0650. The van der Waals surface area contributed by atoms with Gasteiger partial charge in [-0.2, -0.15) is 8.78 Å². The highest BCUT2D eigenvalue weighted by atomic mass is 19.3. The number of alkyl halides is 2. The van der Waals surface area contributed by atoms with Crippen LogP contribution < -0.4 is 15.2 Å². The Labute approximate surface area is 118 Å². The molecular weight excluding hydrogens is 266 g/mol. The van der Waals surface area contributed by atoms with Gasteiger partial charge in [0.25, 0.3) is 0 Å². The van der Waals surface area contributed by atoms with Gasteiger partial charge in [0, 0.05) is 6.54 Å². The van der Waals surface area contributed by atoms with Gasteiger partial charge in [0.2, 0.25) is 0 Å². The number of hydrogen-bond donors (Lipinski definition) is 1. The second kappa shape index (κ2) is 8.71. The van der Waals surface area contributed by atoms with Crippen LogP contribution in [-0.4, -0.2) is 38.3 Å². The van der Waals surface area contributed by atoms with Crippen molar-refractivity contribution in [1.29, 1.82) is 0 Å². The summed E-state index contributed by atoms with van der Waals surface area (Å²) in [6, 6.07) is 5.02. The molecule has 6 heteroatoms. The van der Waals surface area contributed by atoms with Gasteiger partial charge in [-0.25, -0.2) is 0 Å². The molecule has 1 aromatic rings. The predicted molar refractivity (Wildman–Crippen MR) is 74.2 cm³/mol. The Morgan fingerprint density at radius 1 is 1.30 bits per heavy atom. The number of nitrogens with zero attached hydrogens (tertiary/aromatic N) is 1. The van der Waals surface area contributed by atoms with Crippen LogP contribution >= 0.6 is 0 Å². The molecule has 20 heavy (non-hydrogen) atoms. The molecule has 0 aromatic heterocycles. The molecule has 2 N–H and O–H groups in total. The highest BCUT2D eigenvalue weighted by Gasteiger charge is 2.12. The Kier molecular flexibility index (Phi) is 7.25. The van der Waals surface area contributed by atoms with Crippen LogP contribution in [-0.2, 0) is 6.54 Å². The molecule has 1 aromatic carbocycles. The van der Waals surface area contributed by atoms with Crippen LogP contribution in [0.3, 0.4) is 0 Å². The monoisotopic (exact) mass is 288 g/mol. The van der Waals surface area contributed by atoms with Gasteiger partial charge >= 0.3 is 6.61 Å². The zero-order chi connectivity index (χ0) is 15.0. The summed E-state index contributed by atoms with van der Waals surface area (Å²) in [6.45, 7) is 1.57. The highest BCUT2D eigenvalue weighted by Crippen LogP contribution is 2.30. The predicted octanol–water partition coefficient (Wildman–Crippen LogP) is 2.47. The zero-order valence-electron chi connectivity index (χ0n) is 11.9. The molecule has 0 fully saturated rings. The molecule has 4 nitrogen and oxygen atoms in total. The quantitative estimate of drug-likeness (QED) is 0.758. The maximum Gasteiger partial charge on any atom is 0.387 e. The summed E-state index contributed by atoms with van der Waals surface area (Å²) < 4.78 is 34.4. The van der Waals surface area contributed by atoms with Crippen molar-refractivity contribution in [3.8, 4) is 11.5 Å². The molecule has 0 aliphatic carbocycles. The van der Waals surface area contributed by atoms with Gasteiger partial charge in [-0.05, 0) is 51.2 Å². The van der Waals surface area contributed by atoms with Gasteiger partial charge in [0.15, 0.2) is 11.5 Å². The Hall–Kier alpha value is -1.40. The summed E-state index contributed by atoms with van der Waals surface area (Å²) in [5.41, 5.74) is 6.45. The van der Waals surface area contributed by atoms with Crippen molar-refractivity contribution >= 4 is 0 Å². The summed E-state index contributed by atoms with van der Waals surface area (Å²) in [5.74, 6) is 0.410. The fourth-order valence-corrected chi connectivity index (χ4v) is 1.86. The van der Waals surface area contributed by atoms with E-state index in [0.29, 0.717) is 25.4 Å². The Balaban J connectivity index is 2.75. The fourth-order valence-electron chi connectivity index (χ4n) is 1.86. The lowest BCUT2D eigenvalue weighted by atomic mass is 10.2. The van der Waals surface area contributed by atoms with Crippen molar-refractivity contribution in [3.63, 3.8) is 0 Å². The normalized spacial score (nSPS) is 11.2. The summed E-state index contributed by atoms with van der Waals surface area (Å²) in [7, 11) is 1.99. The van der Waals surface area contributed by atoms with Crippen LogP contribution in [0.25, 0.3) is 0 Å². The van der Waals surface area contributed by atoms with E-state index in [9.17, 15) is 8.78 Å². The van der Waals surface area contributed by atoms with E-state index >= 15 is 0 Å². The molecule has 0 saturated carbocycles. The fraction of sp³-hybridized carbons (Fsp3) is 0.571. The molecule has 0 spiro atoms. The van der Waals surface area contributed by atoms with Crippen molar-refractivity contribution in [2.45, 2.75) is 26.5 Å². The maximum atomic E-state index is 12.3. The van der Waals surface area contributed by atoms with Crippen molar-refractivity contribution in [2.24, 2.45) is 5.73 Å². The Bertz CT molecular complexity index is 403. The van der Waals surface area contributed by atoms with E-state index in [1.807, 2.05) is 7.05 Å². The third kappa shape index (κ3) is 5.71. The van der Waals surface area contributed by atoms with E-state index in [1.54, 1.807) is 19.1 Å². The molecule has 0 amide bonds. The topological polar surface area (TPSA) is 47.7 Å². The van der Waals surface area contributed by atoms with Crippen molar-refractivity contribution in [1.82, 2.24) is 4.90 Å². The Morgan fingerprint density at radius 2 is 2.05 bits per heavy atom. The summed E-state index contributed by atoms with van der Waals surface area (Å²) in [5, 5.41) is 0. The number of rotatable bonds is 9. The van der Waals surface area contributed by atoms with Gasteiger partial charge in [-0.3, -0.25) is 0 Å². The number of benzene rings is 1. The first-order valence-electron chi connectivity index (χ1n) is 6.66. The molecule has 0 saturated heterocycles. The summed E-state index contributed by atoms with van der Waals surface area (Å²) in [6.07, 6.45) is 0.918. The third-order valence-corrected chi connectivity index (χ3v) is 2.72. The second-order valence-electron chi connectivity index (χ2n) is 4.47. The van der Waals surface area contributed by atoms with Crippen LogP contribution in [0.15, 0.2) is 18.2 Å². The molecule has 0 atom stereocenters. The highest BCUT2D eigenvalue weighted by molar-refractivity contribution is 5.43. The summed E-state index contributed by atoms with van der Waals surface area (Å²) >= 11 is 0. The second-order valence-corrected chi connectivity index (χ2v) is 4.47. The number of halogens is 2. The lowest BCUT2D eigenvalue weighted by Crippen LogP contribution is -2.21.